The van der Waals surface area contributed by atoms with Crippen LogP contribution in [0.5, 0.6) is 0 Å². The lowest BCUT2D eigenvalue weighted by atomic mass is 10.1. The number of carbonyl (C=O) groups is 1. The molecule has 6 heteroatoms. The lowest BCUT2D eigenvalue weighted by molar-refractivity contribution is 0.0601. The van der Waals surface area contributed by atoms with Crippen LogP contribution in [0.4, 0.5) is 5.82 Å². The van der Waals surface area contributed by atoms with Crippen LogP contribution in [0.15, 0.2) is 6.20 Å². The maximum Gasteiger partial charge on any atom is 0.343 e. The van der Waals surface area contributed by atoms with Gasteiger partial charge in [-0.05, 0) is 39.9 Å². The molecule has 6 nitrogen and oxygen atoms in total. The molecule has 1 aromatic heterocycles. The zero-order valence-electron chi connectivity index (χ0n) is 11.6. The molecule has 0 unspecified atom stereocenters. The van der Waals surface area contributed by atoms with Gasteiger partial charge in [-0.25, -0.2) is 14.8 Å². The number of likely N-dealkylation sites (tertiary alicyclic amines) is 1. The fraction of sp³-hybridized carbons (Fsp3) is 0.615. The van der Waals surface area contributed by atoms with E-state index in [1.165, 1.54) is 13.3 Å². The maximum atomic E-state index is 11.7. The first-order valence-corrected chi connectivity index (χ1v) is 6.47. The number of nitrogens with one attached hydrogen (secondary N) is 1. The monoisotopic (exact) mass is 264 g/mol. The predicted molar refractivity (Wildman–Crippen MR) is 72.3 cm³/mol. The summed E-state index contributed by atoms with van der Waals surface area (Å²) in [5.74, 6) is 0.812. The molecule has 0 atom stereocenters. The Morgan fingerprint density at radius 2 is 2.16 bits per heavy atom. The quantitative estimate of drug-likeness (QED) is 0.824. The van der Waals surface area contributed by atoms with Crippen molar-refractivity contribution in [2.75, 3.05) is 32.6 Å². The van der Waals surface area contributed by atoms with Gasteiger partial charge in [-0.3, -0.25) is 0 Å². The van der Waals surface area contributed by atoms with Crippen LogP contribution in [0.25, 0.3) is 0 Å². The minimum Gasteiger partial charge on any atom is -0.465 e. The second-order valence-electron chi connectivity index (χ2n) is 4.89. The van der Waals surface area contributed by atoms with Gasteiger partial charge in [-0.15, -0.1) is 0 Å². The normalized spacial score (nSPS) is 17.2. The van der Waals surface area contributed by atoms with Crippen LogP contribution in [0.2, 0.25) is 0 Å². The van der Waals surface area contributed by atoms with E-state index in [2.05, 4.69) is 27.2 Å². The topological polar surface area (TPSA) is 67.3 Å². The van der Waals surface area contributed by atoms with Crippen molar-refractivity contribution >= 4 is 11.8 Å². The van der Waals surface area contributed by atoms with Crippen molar-refractivity contribution in [2.24, 2.45) is 0 Å². The molecule has 1 fully saturated rings. The van der Waals surface area contributed by atoms with Gasteiger partial charge in [-0.2, -0.15) is 0 Å². The van der Waals surface area contributed by atoms with E-state index in [0.717, 1.165) is 25.9 Å². The predicted octanol–water partition coefficient (Wildman–Crippen LogP) is 1.08. The molecule has 2 heterocycles. The third-order valence-corrected chi connectivity index (χ3v) is 3.37. The number of anilines is 1. The highest BCUT2D eigenvalue weighted by Gasteiger charge is 2.20. The van der Waals surface area contributed by atoms with Gasteiger partial charge in [0.15, 0.2) is 0 Å². The Balaban J connectivity index is 2.14. The summed E-state index contributed by atoms with van der Waals surface area (Å²) in [5.41, 5.74) is 0.395. The SMILES string of the molecule is COC(=O)c1cnc(C)nc1NC1CCN(C)CC1. The maximum absolute atomic E-state index is 11.7. The van der Waals surface area contributed by atoms with Gasteiger partial charge < -0.3 is 15.0 Å². The minimum absolute atomic E-state index is 0.342. The zero-order chi connectivity index (χ0) is 13.8. The molecule has 0 aliphatic carbocycles. The van der Waals surface area contributed by atoms with Crippen LogP contribution in [0, 0.1) is 6.92 Å². The van der Waals surface area contributed by atoms with Gasteiger partial charge in [0, 0.05) is 12.2 Å². The molecule has 1 aromatic rings. The standard InChI is InChI=1S/C13H20N4O2/c1-9-14-8-11(13(18)19-3)12(15-9)16-10-4-6-17(2)7-5-10/h8,10H,4-7H2,1-3H3,(H,14,15,16). The van der Waals surface area contributed by atoms with Gasteiger partial charge in [-0.1, -0.05) is 0 Å². The molecule has 0 amide bonds. The summed E-state index contributed by atoms with van der Waals surface area (Å²) >= 11 is 0. The Bertz CT molecular complexity index is 456. The van der Waals surface area contributed by atoms with Crippen molar-refractivity contribution in [2.45, 2.75) is 25.8 Å². The summed E-state index contributed by atoms with van der Waals surface area (Å²) in [5, 5.41) is 3.35. The average Bonchev–Trinajstić information content (AvgIpc) is 2.41. The van der Waals surface area contributed by atoms with E-state index >= 15 is 0 Å². The molecule has 1 aliphatic rings. The largest absolute Gasteiger partial charge is 0.465 e. The van der Waals surface area contributed by atoms with Crippen molar-refractivity contribution in [3.8, 4) is 0 Å². The number of rotatable bonds is 3. The van der Waals surface area contributed by atoms with Crippen LogP contribution >= 0.6 is 0 Å². The molecule has 19 heavy (non-hydrogen) atoms. The van der Waals surface area contributed by atoms with E-state index < -0.39 is 5.97 Å². The number of aromatic nitrogens is 2. The van der Waals surface area contributed by atoms with Crippen molar-refractivity contribution in [1.82, 2.24) is 14.9 Å². The van der Waals surface area contributed by atoms with Crippen molar-refractivity contribution in [1.29, 1.82) is 0 Å². The highest BCUT2D eigenvalue weighted by molar-refractivity contribution is 5.94. The number of hydrogen-bond donors (Lipinski definition) is 1. The molecule has 0 aromatic carbocycles. The van der Waals surface area contributed by atoms with E-state index in [1.807, 2.05) is 0 Å². The molecule has 0 spiro atoms. The summed E-state index contributed by atoms with van der Waals surface area (Å²) in [6.07, 6.45) is 3.60. The van der Waals surface area contributed by atoms with Crippen molar-refractivity contribution in [3.05, 3.63) is 17.6 Å². The second-order valence-corrected chi connectivity index (χ2v) is 4.89. The second kappa shape index (κ2) is 5.97. The van der Waals surface area contributed by atoms with Gasteiger partial charge in [0.1, 0.15) is 17.2 Å². The number of carbonyl (C=O) groups excluding carboxylic acids is 1. The van der Waals surface area contributed by atoms with Crippen molar-refractivity contribution in [3.63, 3.8) is 0 Å². The van der Waals surface area contributed by atoms with Crippen LogP contribution in [0.3, 0.4) is 0 Å². The lowest BCUT2D eigenvalue weighted by Crippen LogP contribution is -2.37. The molecule has 0 saturated carbocycles. The van der Waals surface area contributed by atoms with Gasteiger partial charge in [0.05, 0.1) is 7.11 Å². The Kier molecular flexibility index (Phi) is 4.31. The zero-order valence-corrected chi connectivity index (χ0v) is 11.6. The molecular weight excluding hydrogens is 244 g/mol. The highest BCUT2D eigenvalue weighted by atomic mass is 16.5. The van der Waals surface area contributed by atoms with Crippen molar-refractivity contribution < 1.29 is 9.53 Å². The summed E-state index contributed by atoms with van der Waals surface area (Å²) in [6.45, 7) is 3.91. The number of esters is 1. The first-order chi connectivity index (χ1) is 9.10. The Labute approximate surface area is 113 Å². The van der Waals surface area contributed by atoms with E-state index in [0.29, 0.717) is 23.2 Å². The molecule has 0 radical (unpaired) electrons. The Morgan fingerprint density at radius 1 is 1.47 bits per heavy atom. The van der Waals surface area contributed by atoms with Crippen LogP contribution in [0.1, 0.15) is 29.0 Å². The van der Waals surface area contributed by atoms with Gasteiger partial charge in [0.25, 0.3) is 0 Å². The fourth-order valence-corrected chi connectivity index (χ4v) is 2.19. The van der Waals surface area contributed by atoms with Crippen LogP contribution in [-0.2, 0) is 4.74 Å². The number of methoxy groups -OCH3 is 1. The number of ether oxygens (including phenoxy) is 1. The minimum atomic E-state index is -0.407. The molecule has 0 bridgehead atoms. The molecule has 2 rings (SSSR count). The number of hydrogen-bond acceptors (Lipinski definition) is 6. The Morgan fingerprint density at radius 3 is 2.79 bits per heavy atom. The molecular formula is C13H20N4O2. The molecule has 1 N–H and O–H groups in total. The highest BCUT2D eigenvalue weighted by Crippen LogP contribution is 2.18. The fourth-order valence-electron chi connectivity index (χ4n) is 2.19. The smallest absolute Gasteiger partial charge is 0.343 e. The summed E-state index contributed by atoms with van der Waals surface area (Å²) in [6, 6.07) is 0.342. The first kappa shape index (κ1) is 13.7. The first-order valence-electron chi connectivity index (χ1n) is 6.47. The lowest BCUT2D eigenvalue weighted by Gasteiger charge is -2.30. The third kappa shape index (κ3) is 3.41. The van der Waals surface area contributed by atoms with E-state index in [-0.39, 0.29) is 0 Å². The van der Waals surface area contributed by atoms with Crippen LogP contribution in [-0.4, -0.2) is 54.1 Å². The number of piperidine rings is 1. The van der Waals surface area contributed by atoms with Crippen LogP contribution < -0.4 is 5.32 Å². The Hall–Kier alpha value is -1.69. The summed E-state index contributed by atoms with van der Waals surface area (Å²) in [4.78, 5) is 22.4. The van der Waals surface area contributed by atoms with E-state index in [4.69, 9.17) is 4.74 Å². The summed E-state index contributed by atoms with van der Waals surface area (Å²) < 4.78 is 4.76. The van der Waals surface area contributed by atoms with E-state index in [1.54, 1.807) is 6.92 Å². The van der Waals surface area contributed by atoms with E-state index in [9.17, 15) is 4.79 Å². The summed E-state index contributed by atoms with van der Waals surface area (Å²) in [7, 11) is 3.48. The number of nitrogens with zero attached hydrogens (tertiary/aromatic N) is 3. The third-order valence-electron chi connectivity index (χ3n) is 3.37. The number of aryl methyl sites for hydroxylation is 1. The van der Waals surface area contributed by atoms with Gasteiger partial charge in [0.2, 0.25) is 0 Å². The average molecular weight is 264 g/mol. The molecule has 1 saturated heterocycles. The molecule has 104 valence electrons. The molecule has 1 aliphatic heterocycles. The van der Waals surface area contributed by atoms with Gasteiger partial charge >= 0.3 is 5.97 Å².